The molecule has 0 aliphatic carbocycles. The van der Waals surface area contributed by atoms with Gasteiger partial charge in [-0.05, 0) is 74.2 Å². The van der Waals surface area contributed by atoms with E-state index in [9.17, 15) is 18.0 Å². The molecule has 2 aromatic rings. The van der Waals surface area contributed by atoms with Gasteiger partial charge >= 0.3 is 12.1 Å². The lowest BCUT2D eigenvalue weighted by Crippen LogP contribution is -2.28. The molecular formula is C20H23F3N2O2. The average Bonchev–Trinajstić information content (AvgIpc) is 3.10. The van der Waals surface area contributed by atoms with Crippen LogP contribution in [0.4, 0.5) is 13.2 Å². The van der Waals surface area contributed by atoms with E-state index in [0.29, 0.717) is 18.2 Å². The van der Waals surface area contributed by atoms with Crippen molar-refractivity contribution in [3.8, 4) is 5.69 Å². The molecule has 0 spiro atoms. The minimum Gasteiger partial charge on any atom is -0.465 e. The van der Waals surface area contributed by atoms with E-state index in [1.54, 1.807) is 23.0 Å². The molecule has 27 heavy (non-hydrogen) atoms. The van der Waals surface area contributed by atoms with Gasteiger partial charge in [-0.3, -0.25) is 4.79 Å². The number of hydrogen-bond acceptors (Lipinski definition) is 3. The second-order valence-electron chi connectivity index (χ2n) is 6.85. The van der Waals surface area contributed by atoms with Crippen molar-refractivity contribution in [2.24, 2.45) is 5.92 Å². The van der Waals surface area contributed by atoms with Crippen LogP contribution in [-0.2, 0) is 22.1 Å². The Balaban J connectivity index is 1.49. The van der Waals surface area contributed by atoms with E-state index in [1.807, 2.05) is 0 Å². The van der Waals surface area contributed by atoms with E-state index >= 15 is 0 Å². The summed E-state index contributed by atoms with van der Waals surface area (Å²) in [6.45, 7) is 2.48. The van der Waals surface area contributed by atoms with Crippen LogP contribution in [0.25, 0.3) is 5.69 Å². The zero-order valence-electron chi connectivity index (χ0n) is 15.0. The first-order valence-corrected chi connectivity index (χ1v) is 9.12. The highest BCUT2D eigenvalue weighted by Gasteiger charge is 2.30. The lowest BCUT2D eigenvalue weighted by molar-refractivity contribution is -0.143. The summed E-state index contributed by atoms with van der Waals surface area (Å²) in [6.07, 6.45) is 2.38. The van der Waals surface area contributed by atoms with E-state index in [0.717, 1.165) is 50.0 Å². The largest absolute Gasteiger partial charge is 0.465 e. The first-order valence-electron chi connectivity index (χ1n) is 9.12. The van der Waals surface area contributed by atoms with Gasteiger partial charge in [0.2, 0.25) is 0 Å². The molecule has 1 aromatic heterocycles. The second kappa shape index (κ2) is 8.61. The molecule has 1 N–H and O–H groups in total. The number of hydrogen-bond donors (Lipinski definition) is 1. The molecule has 0 unspecified atom stereocenters. The van der Waals surface area contributed by atoms with E-state index in [2.05, 4.69) is 5.32 Å². The van der Waals surface area contributed by atoms with E-state index in [1.165, 1.54) is 12.1 Å². The van der Waals surface area contributed by atoms with Crippen molar-refractivity contribution in [1.29, 1.82) is 0 Å². The fraction of sp³-hybridized carbons (Fsp3) is 0.450. The summed E-state index contributed by atoms with van der Waals surface area (Å²) in [4.78, 5) is 12.0. The third-order valence-electron chi connectivity index (χ3n) is 4.84. The summed E-state index contributed by atoms with van der Waals surface area (Å²) in [5.74, 6) is 0.328. The maximum atomic E-state index is 12.6. The Morgan fingerprint density at radius 1 is 1.15 bits per heavy atom. The lowest BCUT2D eigenvalue weighted by atomic mass is 9.95. The molecule has 0 radical (unpaired) electrons. The summed E-state index contributed by atoms with van der Waals surface area (Å²) in [5, 5.41) is 3.31. The van der Waals surface area contributed by atoms with E-state index in [4.69, 9.17) is 4.74 Å². The fourth-order valence-electron chi connectivity index (χ4n) is 3.26. The Morgan fingerprint density at radius 2 is 1.85 bits per heavy atom. The van der Waals surface area contributed by atoms with Gasteiger partial charge in [-0.25, -0.2) is 0 Å². The molecule has 3 rings (SSSR count). The monoisotopic (exact) mass is 380 g/mol. The molecule has 1 aliphatic rings. The van der Waals surface area contributed by atoms with Gasteiger partial charge in [-0.2, -0.15) is 13.2 Å². The highest BCUT2D eigenvalue weighted by Crippen LogP contribution is 2.29. The summed E-state index contributed by atoms with van der Waals surface area (Å²) in [7, 11) is 0. The van der Waals surface area contributed by atoms with Crippen LogP contribution in [0.1, 0.15) is 30.4 Å². The Morgan fingerprint density at radius 3 is 2.52 bits per heavy atom. The van der Waals surface area contributed by atoms with Crippen LogP contribution in [0, 0.1) is 5.92 Å². The fourth-order valence-corrected chi connectivity index (χ4v) is 3.26. The molecule has 4 nitrogen and oxygen atoms in total. The van der Waals surface area contributed by atoms with Crippen molar-refractivity contribution in [2.45, 2.75) is 31.9 Å². The Labute approximate surface area is 156 Å². The van der Waals surface area contributed by atoms with Crippen molar-refractivity contribution in [1.82, 2.24) is 9.88 Å². The zero-order valence-corrected chi connectivity index (χ0v) is 15.0. The number of esters is 1. The molecule has 1 aliphatic heterocycles. The molecule has 0 amide bonds. The predicted octanol–water partition coefficient (Wildman–Crippen LogP) is 3.97. The van der Waals surface area contributed by atoms with Crippen LogP contribution in [0.5, 0.6) is 0 Å². The van der Waals surface area contributed by atoms with Crippen LogP contribution in [0.2, 0.25) is 0 Å². The van der Waals surface area contributed by atoms with Gasteiger partial charge in [-0.15, -0.1) is 0 Å². The predicted molar refractivity (Wildman–Crippen MR) is 95.6 cm³/mol. The number of alkyl halides is 3. The Hall–Kier alpha value is -2.28. The number of nitrogens with one attached hydrogen (secondary N) is 1. The minimum atomic E-state index is -4.35. The number of benzene rings is 1. The molecular weight excluding hydrogens is 357 g/mol. The maximum absolute atomic E-state index is 12.6. The average molecular weight is 380 g/mol. The van der Waals surface area contributed by atoms with Gasteiger partial charge in [0, 0.05) is 18.1 Å². The molecule has 1 fully saturated rings. The van der Waals surface area contributed by atoms with Crippen LogP contribution in [-0.4, -0.2) is 30.2 Å². The molecule has 7 heteroatoms. The van der Waals surface area contributed by atoms with E-state index < -0.39 is 11.7 Å². The first-order chi connectivity index (χ1) is 12.9. The minimum absolute atomic E-state index is 0.153. The van der Waals surface area contributed by atoms with Gasteiger partial charge in [0.15, 0.2) is 0 Å². The number of carbonyl (C=O) groups is 1. The van der Waals surface area contributed by atoms with Gasteiger partial charge in [0.1, 0.15) is 0 Å². The molecule has 0 bridgehead atoms. The maximum Gasteiger partial charge on any atom is 0.416 e. The SMILES string of the molecule is O=C(Cc1ccn(-c2ccc(C(F)(F)F)cc2)c1)OCCC1CCNCC1. The summed E-state index contributed by atoms with van der Waals surface area (Å²) in [5.41, 5.74) is 0.686. The zero-order chi connectivity index (χ0) is 19.3. The number of ether oxygens (including phenoxy) is 1. The quantitative estimate of drug-likeness (QED) is 0.771. The number of nitrogens with zero attached hydrogens (tertiary/aromatic N) is 1. The highest BCUT2D eigenvalue weighted by atomic mass is 19.4. The smallest absolute Gasteiger partial charge is 0.416 e. The van der Waals surface area contributed by atoms with Crippen molar-refractivity contribution in [2.75, 3.05) is 19.7 Å². The number of aromatic nitrogens is 1. The number of piperidine rings is 1. The van der Waals surface area contributed by atoms with Gasteiger partial charge in [-0.1, -0.05) is 0 Å². The molecule has 1 aromatic carbocycles. The second-order valence-corrected chi connectivity index (χ2v) is 6.85. The number of halogens is 3. The van der Waals surface area contributed by atoms with Gasteiger partial charge in [0.25, 0.3) is 0 Å². The van der Waals surface area contributed by atoms with Gasteiger partial charge < -0.3 is 14.6 Å². The third kappa shape index (κ3) is 5.60. The van der Waals surface area contributed by atoms with E-state index in [-0.39, 0.29) is 12.4 Å². The van der Waals surface area contributed by atoms with Crippen LogP contribution in [0.15, 0.2) is 42.7 Å². The highest BCUT2D eigenvalue weighted by molar-refractivity contribution is 5.72. The van der Waals surface area contributed by atoms with Crippen LogP contribution >= 0.6 is 0 Å². The Kier molecular flexibility index (Phi) is 6.21. The normalized spacial score (nSPS) is 15.7. The molecule has 0 atom stereocenters. The molecule has 2 heterocycles. The molecule has 0 saturated carbocycles. The molecule has 1 saturated heterocycles. The molecule has 146 valence electrons. The van der Waals surface area contributed by atoms with Crippen LogP contribution < -0.4 is 5.32 Å². The number of carbonyl (C=O) groups excluding carboxylic acids is 1. The summed E-state index contributed by atoms with van der Waals surface area (Å²) in [6, 6.07) is 6.67. The standard InChI is InChI=1S/C20H23F3N2O2/c21-20(22,23)17-1-3-18(4-2-17)25-11-7-16(14-25)13-19(26)27-12-8-15-5-9-24-10-6-15/h1-4,7,11,14-15,24H,5-6,8-10,12-13H2. The van der Waals surface area contributed by atoms with Crippen molar-refractivity contribution < 1.29 is 22.7 Å². The number of rotatable bonds is 6. The topological polar surface area (TPSA) is 43.3 Å². The Bertz CT molecular complexity index is 747. The van der Waals surface area contributed by atoms with Gasteiger partial charge in [0.05, 0.1) is 18.6 Å². The first kappa shape index (κ1) is 19.5. The lowest BCUT2D eigenvalue weighted by Gasteiger charge is -2.22. The third-order valence-corrected chi connectivity index (χ3v) is 4.84. The van der Waals surface area contributed by atoms with Crippen molar-refractivity contribution in [3.05, 3.63) is 53.9 Å². The summed E-state index contributed by atoms with van der Waals surface area (Å²) >= 11 is 0. The van der Waals surface area contributed by atoms with Crippen molar-refractivity contribution in [3.63, 3.8) is 0 Å². The van der Waals surface area contributed by atoms with Crippen molar-refractivity contribution >= 4 is 5.97 Å². The van der Waals surface area contributed by atoms with Crippen LogP contribution in [0.3, 0.4) is 0 Å². The summed E-state index contributed by atoms with van der Waals surface area (Å²) < 4.78 is 44.9.